The van der Waals surface area contributed by atoms with Gasteiger partial charge in [-0.2, -0.15) is 0 Å². The van der Waals surface area contributed by atoms with E-state index in [0.29, 0.717) is 6.54 Å². The minimum Gasteiger partial charge on any atom is -0.393 e. The largest absolute Gasteiger partial charge is 0.393 e. The lowest BCUT2D eigenvalue weighted by Gasteiger charge is -2.28. The van der Waals surface area contributed by atoms with Crippen LogP contribution in [0.1, 0.15) is 39.5 Å². The number of nitrogens with two attached hydrogens (primary N) is 1. The van der Waals surface area contributed by atoms with Crippen LogP contribution in [-0.2, 0) is 4.79 Å². The molecule has 5 heteroatoms. The van der Waals surface area contributed by atoms with Gasteiger partial charge in [-0.3, -0.25) is 4.79 Å². The fourth-order valence-electron chi connectivity index (χ4n) is 2.06. The molecule has 4 N–H and O–H groups in total. The number of carbonyl (C=O) groups excluding carboxylic acids is 1. The van der Waals surface area contributed by atoms with Crippen molar-refractivity contribution >= 4 is 18.3 Å². The number of rotatable bonds is 4. The zero-order chi connectivity index (χ0) is 12.1. The monoisotopic (exact) mass is 264 g/mol. The summed E-state index contributed by atoms with van der Waals surface area (Å²) in [7, 11) is 0. The van der Waals surface area contributed by atoms with Crippen molar-refractivity contribution in [2.24, 2.45) is 17.6 Å². The van der Waals surface area contributed by atoms with Crippen molar-refractivity contribution < 1.29 is 9.90 Å². The van der Waals surface area contributed by atoms with Crippen LogP contribution in [0.2, 0.25) is 0 Å². The second-order valence-electron chi connectivity index (χ2n) is 5.00. The SMILES string of the molecule is CC(N)C(C)C(=O)NCC1CCCCC1O.Cl. The van der Waals surface area contributed by atoms with Gasteiger partial charge in [0.05, 0.1) is 6.10 Å². The Bertz CT molecular complexity index is 237. The van der Waals surface area contributed by atoms with Gasteiger partial charge in [0.1, 0.15) is 0 Å². The summed E-state index contributed by atoms with van der Waals surface area (Å²) in [5.74, 6) is 0.0477. The van der Waals surface area contributed by atoms with Crippen LogP contribution in [0.4, 0.5) is 0 Å². The van der Waals surface area contributed by atoms with Crippen molar-refractivity contribution in [2.75, 3.05) is 6.54 Å². The predicted octanol–water partition coefficient (Wildman–Crippen LogP) is 1.06. The van der Waals surface area contributed by atoms with Crippen LogP contribution in [0.5, 0.6) is 0 Å². The first-order chi connectivity index (χ1) is 7.52. The molecule has 0 aromatic heterocycles. The lowest BCUT2D eigenvalue weighted by Crippen LogP contribution is -2.42. The van der Waals surface area contributed by atoms with Gasteiger partial charge in [-0.25, -0.2) is 0 Å². The Kier molecular flexibility index (Phi) is 7.75. The highest BCUT2D eigenvalue weighted by Crippen LogP contribution is 2.23. The minimum atomic E-state index is -0.250. The molecule has 1 amide bonds. The van der Waals surface area contributed by atoms with Gasteiger partial charge in [0.2, 0.25) is 5.91 Å². The smallest absolute Gasteiger partial charge is 0.224 e. The Morgan fingerprint density at radius 3 is 2.53 bits per heavy atom. The van der Waals surface area contributed by atoms with E-state index in [0.717, 1.165) is 25.7 Å². The van der Waals surface area contributed by atoms with Crippen LogP contribution in [0.3, 0.4) is 0 Å². The average Bonchev–Trinajstić information content (AvgIpc) is 2.26. The molecule has 0 radical (unpaired) electrons. The Balaban J connectivity index is 0.00000256. The first kappa shape index (κ1) is 16.7. The van der Waals surface area contributed by atoms with Crippen molar-refractivity contribution in [1.82, 2.24) is 5.32 Å². The maximum Gasteiger partial charge on any atom is 0.224 e. The molecular weight excluding hydrogens is 240 g/mol. The zero-order valence-corrected chi connectivity index (χ0v) is 11.5. The third kappa shape index (κ3) is 5.23. The first-order valence-corrected chi connectivity index (χ1v) is 6.23. The quantitative estimate of drug-likeness (QED) is 0.711. The standard InChI is InChI=1S/C12H24N2O2.ClH/c1-8(9(2)13)12(16)14-7-10-5-3-4-6-11(10)15;/h8-11,15H,3-7,13H2,1-2H3,(H,14,16);1H. The highest BCUT2D eigenvalue weighted by Gasteiger charge is 2.24. The number of hydrogen-bond acceptors (Lipinski definition) is 3. The number of hydrogen-bond donors (Lipinski definition) is 3. The van der Waals surface area contributed by atoms with Crippen LogP contribution >= 0.6 is 12.4 Å². The molecule has 1 rings (SSSR count). The molecule has 1 aliphatic carbocycles. The van der Waals surface area contributed by atoms with Gasteiger partial charge in [0, 0.05) is 24.4 Å². The predicted molar refractivity (Wildman–Crippen MR) is 71.0 cm³/mol. The Morgan fingerprint density at radius 1 is 1.41 bits per heavy atom. The normalized spacial score (nSPS) is 27.8. The van der Waals surface area contributed by atoms with Crippen molar-refractivity contribution in [2.45, 2.75) is 51.7 Å². The summed E-state index contributed by atoms with van der Waals surface area (Å²) in [5, 5.41) is 12.6. The number of amides is 1. The molecule has 0 saturated heterocycles. The molecule has 1 fully saturated rings. The summed E-state index contributed by atoms with van der Waals surface area (Å²) in [5.41, 5.74) is 5.66. The number of halogens is 1. The van der Waals surface area contributed by atoms with Crippen LogP contribution in [0.25, 0.3) is 0 Å². The van der Waals surface area contributed by atoms with Gasteiger partial charge in [-0.1, -0.05) is 19.8 Å². The molecule has 17 heavy (non-hydrogen) atoms. The van der Waals surface area contributed by atoms with E-state index in [1.165, 1.54) is 0 Å². The molecular formula is C12H25ClN2O2. The second-order valence-corrected chi connectivity index (χ2v) is 5.00. The van der Waals surface area contributed by atoms with Crippen LogP contribution in [0, 0.1) is 11.8 Å². The molecule has 1 aliphatic rings. The molecule has 0 bridgehead atoms. The van der Waals surface area contributed by atoms with E-state index in [4.69, 9.17) is 5.73 Å². The molecule has 0 spiro atoms. The molecule has 4 atom stereocenters. The summed E-state index contributed by atoms with van der Waals surface area (Å²) in [4.78, 5) is 11.7. The Hall–Kier alpha value is -0.320. The third-order valence-electron chi connectivity index (χ3n) is 3.61. The van der Waals surface area contributed by atoms with E-state index >= 15 is 0 Å². The lowest BCUT2D eigenvalue weighted by molar-refractivity contribution is -0.125. The van der Waals surface area contributed by atoms with Crippen LogP contribution < -0.4 is 11.1 Å². The van der Waals surface area contributed by atoms with E-state index in [-0.39, 0.29) is 42.3 Å². The highest BCUT2D eigenvalue weighted by atomic mass is 35.5. The first-order valence-electron chi connectivity index (χ1n) is 6.23. The maximum atomic E-state index is 11.7. The van der Waals surface area contributed by atoms with Crippen molar-refractivity contribution in [3.63, 3.8) is 0 Å². The number of aliphatic hydroxyl groups is 1. The van der Waals surface area contributed by atoms with E-state index in [9.17, 15) is 9.90 Å². The van der Waals surface area contributed by atoms with E-state index < -0.39 is 0 Å². The molecule has 1 saturated carbocycles. The third-order valence-corrected chi connectivity index (χ3v) is 3.61. The van der Waals surface area contributed by atoms with Crippen LogP contribution in [-0.4, -0.2) is 29.7 Å². The maximum absolute atomic E-state index is 11.7. The van der Waals surface area contributed by atoms with E-state index in [1.807, 2.05) is 13.8 Å². The van der Waals surface area contributed by atoms with Gasteiger partial charge in [-0.15, -0.1) is 12.4 Å². The Labute approximate surface area is 110 Å². The highest BCUT2D eigenvalue weighted by molar-refractivity contribution is 5.85. The van der Waals surface area contributed by atoms with Gasteiger partial charge in [0.25, 0.3) is 0 Å². The molecule has 0 aromatic carbocycles. The summed E-state index contributed by atoms with van der Waals surface area (Å²) in [6, 6.07) is -0.128. The summed E-state index contributed by atoms with van der Waals surface area (Å²) >= 11 is 0. The number of aliphatic hydroxyl groups excluding tert-OH is 1. The minimum absolute atomic E-state index is 0. The van der Waals surface area contributed by atoms with E-state index in [2.05, 4.69) is 5.32 Å². The average molecular weight is 265 g/mol. The van der Waals surface area contributed by atoms with Gasteiger partial charge < -0.3 is 16.2 Å². The summed E-state index contributed by atoms with van der Waals surface area (Å²) in [6.07, 6.45) is 3.87. The molecule has 102 valence electrons. The molecule has 0 aliphatic heterocycles. The van der Waals surface area contributed by atoms with Gasteiger partial charge >= 0.3 is 0 Å². The zero-order valence-electron chi connectivity index (χ0n) is 10.7. The summed E-state index contributed by atoms with van der Waals surface area (Å²) < 4.78 is 0. The van der Waals surface area contributed by atoms with Crippen molar-refractivity contribution in [3.05, 3.63) is 0 Å². The summed E-state index contributed by atoms with van der Waals surface area (Å²) in [6.45, 7) is 4.24. The lowest BCUT2D eigenvalue weighted by atomic mass is 9.86. The number of nitrogens with one attached hydrogen (secondary N) is 1. The van der Waals surface area contributed by atoms with Crippen molar-refractivity contribution in [1.29, 1.82) is 0 Å². The molecule has 4 unspecified atom stereocenters. The fraction of sp³-hybridized carbons (Fsp3) is 0.917. The van der Waals surface area contributed by atoms with Gasteiger partial charge in [-0.05, 0) is 19.8 Å². The van der Waals surface area contributed by atoms with E-state index in [1.54, 1.807) is 0 Å². The second kappa shape index (κ2) is 7.90. The Morgan fingerprint density at radius 2 is 2.00 bits per heavy atom. The number of carbonyl (C=O) groups is 1. The topological polar surface area (TPSA) is 75.4 Å². The molecule has 4 nitrogen and oxygen atoms in total. The molecule has 0 aromatic rings. The molecule has 0 heterocycles. The van der Waals surface area contributed by atoms with Gasteiger partial charge in [0.15, 0.2) is 0 Å². The fourth-order valence-corrected chi connectivity index (χ4v) is 2.06. The van der Waals surface area contributed by atoms with Crippen molar-refractivity contribution in [3.8, 4) is 0 Å². The van der Waals surface area contributed by atoms with Crippen LogP contribution in [0.15, 0.2) is 0 Å².